The van der Waals surface area contributed by atoms with Crippen molar-refractivity contribution in [1.82, 2.24) is 4.98 Å². The first kappa shape index (κ1) is 19.5. The average molecular weight is 421 g/mol. The van der Waals surface area contributed by atoms with E-state index in [9.17, 15) is 14.1 Å². The molecule has 0 saturated carbocycles. The molecule has 0 spiro atoms. The van der Waals surface area contributed by atoms with Crippen LogP contribution in [-0.2, 0) is 41.2 Å². The summed E-state index contributed by atoms with van der Waals surface area (Å²) in [5.74, 6) is 0. The normalized spacial score (nSPS) is 17.7. The van der Waals surface area contributed by atoms with Crippen molar-refractivity contribution in [3.8, 4) is 0 Å². The quantitative estimate of drug-likeness (QED) is 0.706. The van der Waals surface area contributed by atoms with Crippen LogP contribution in [0.15, 0.2) is 20.1 Å². The monoisotopic (exact) mass is 420 g/mol. The van der Waals surface area contributed by atoms with Gasteiger partial charge in [0, 0.05) is 11.1 Å². The Morgan fingerprint density at radius 3 is 2.39 bits per heavy atom. The number of nitrogens with two attached hydrogens (primary N) is 1. The second kappa shape index (κ2) is 6.91. The Balaban J connectivity index is 1.65. The predicted molar refractivity (Wildman–Crippen MR) is 110 cm³/mol. The number of anilines is 1. The number of hydrogen-bond acceptors (Lipinski definition) is 5. The highest BCUT2D eigenvalue weighted by Gasteiger charge is 2.26. The van der Waals surface area contributed by atoms with Crippen LogP contribution < -0.4 is 10.5 Å². The van der Waals surface area contributed by atoms with Gasteiger partial charge in [-0.3, -0.25) is 0 Å². The van der Waals surface area contributed by atoms with E-state index in [2.05, 4.69) is 20.7 Å². The Labute approximate surface area is 168 Å². The minimum absolute atomic E-state index is 0.0308. The number of benzene rings is 1. The van der Waals surface area contributed by atoms with Crippen LogP contribution in [-0.4, -0.2) is 20.3 Å². The molecule has 0 bridgehead atoms. The van der Waals surface area contributed by atoms with Crippen molar-refractivity contribution in [1.29, 1.82) is 0 Å². The highest BCUT2D eigenvalue weighted by Crippen LogP contribution is 2.38. The Bertz CT molecular complexity index is 1040. The van der Waals surface area contributed by atoms with Crippen LogP contribution in [0, 0.1) is 0 Å². The molecule has 150 valence electrons. The van der Waals surface area contributed by atoms with Gasteiger partial charge in [0.15, 0.2) is 9.92 Å². The van der Waals surface area contributed by atoms with Gasteiger partial charge in [-0.05, 0) is 74.6 Å². The fourth-order valence-electron chi connectivity index (χ4n) is 3.93. The summed E-state index contributed by atoms with van der Waals surface area (Å²) in [6, 6.07) is 1.55. The smallest absolute Gasteiger partial charge is 0.354 e. The molecule has 0 saturated heterocycles. The van der Waals surface area contributed by atoms with E-state index in [0.29, 0.717) is 5.69 Å². The van der Waals surface area contributed by atoms with E-state index in [1.807, 2.05) is 0 Å². The van der Waals surface area contributed by atoms with Crippen LogP contribution in [0.2, 0.25) is 0 Å². The summed E-state index contributed by atoms with van der Waals surface area (Å²) in [5, 5.41) is 20.3. The van der Waals surface area contributed by atoms with Gasteiger partial charge in [-0.2, -0.15) is 0 Å². The summed E-state index contributed by atoms with van der Waals surface area (Å²) in [6.45, 7) is 3.15. The summed E-state index contributed by atoms with van der Waals surface area (Å²) in [4.78, 5) is 16.7. The standard InChI is InChI=1S/C19H24N4O3S2/c1-19(2,25)15-10-27-18(21-15)28(20,26)23-17(24)22-16-13-7-3-5-11(13)9-12-6-4-8-14(12)16/h9-10,25H,3-8H2,1-2H3,(H3,20,22,23,24,26)/t28-/m0/s1. The van der Waals surface area contributed by atoms with Gasteiger partial charge >= 0.3 is 6.03 Å². The van der Waals surface area contributed by atoms with Crippen LogP contribution in [0.4, 0.5) is 10.5 Å². The van der Waals surface area contributed by atoms with E-state index in [-0.39, 0.29) is 4.34 Å². The van der Waals surface area contributed by atoms with Gasteiger partial charge in [0.1, 0.15) is 5.60 Å². The molecule has 1 atom stereocenters. The molecule has 9 heteroatoms. The number of nitrogens with one attached hydrogen (secondary N) is 1. The molecule has 4 rings (SSSR count). The minimum Gasteiger partial charge on any atom is -0.384 e. The van der Waals surface area contributed by atoms with E-state index in [1.54, 1.807) is 19.2 Å². The number of aliphatic hydroxyl groups is 1. The molecule has 0 radical (unpaired) electrons. The molecule has 7 nitrogen and oxygen atoms in total. The van der Waals surface area contributed by atoms with E-state index in [4.69, 9.17) is 5.14 Å². The number of aromatic nitrogens is 1. The van der Waals surface area contributed by atoms with Gasteiger partial charge in [-0.25, -0.2) is 19.1 Å². The first-order valence-electron chi connectivity index (χ1n) is 9.36. The Morgan fingerprint density at radius 2 is 1.86 bits per heavy atom. The van der Waals surface area contributed by atoms with E-state index in [1.165, 1.54) is 22.3 Å². The van der Waals surface area contributed by atoms with Crippen molar-refractivity contribution in [3.63, 3.8) is 0 Å². The largest absolute Gasteiger partial charge is 0.384 e. The van der Waals surface area contributed by atoms with E-state index < -0.39 is 21.5 Å². The molecule has 2 aliphatic carbocycles. The number of amides is 2. The zero-order chi connectivity index (χ0) is 20.1. The molecule has 4 N–H and O–H groups in total. The third kappa shape index (κ3) is 3.59. The van der Waals surface area contributed by atoms with Crippen molar-refractivity contribution < 1.29 is 14.1 Å². The van der Waals surface area contributed by atoms with Crippen LogP contribution in [0.3, 0.4) is 0 Å². The number of nitrogens with zero attached hydrogens (tertiary/aromatic N) is 2. The number of hydrogen-bond donors (Lipinski definition) is 3. The summed E-state index contributed by atoms with van der Waals surface area (Å²) in [6.07, 6.45) is 6.05. The molecular formula is C19H24N4O3S2. The zero-order valence-corrected chi connectivity index (χ0v) is 17.6. The number of aryl methyl sites for hydroxylation is 2. The molecule has 0 unspecified atom stereocenters. The fourth-order valence-corrected chi connectivity index (χ4v) is 6.04. The molecule has 0 fully saturated rings. The van der Waals surface area contributed by atoms with Gasteiger partial charge in [0.25, 0.3) is 0 Å². The number of rotatable bonds is 3. The topological polar surface area (TPSA) is 118 Å². The third-order valence-electron chi connectivity index (χ3n) is 5.28. The average Bonchev–Trinajstić information content (AvgIpc) is 3.33. The molecule has 2 amide bonds. The Hall–Kier alpha value is -1.81. The second-order valence-electron chi connectivity index (χ2n) is 7.88. The highest BCUT2D eigenvalue weighted by molar-refractivity contribution is 7.93. The molecular weight excluding hydrogens is 396 g/mol. The SMILES string of the molecule is CC(C)(O)c1csc([S@@](N)(=O)=NC(=O)Nc2c3c(cc4c2CCC4)CCC3)n1. The Morgan fingerprint density at radius 1 is 1.25 bits per heavy atom. The summed E-state index contributed by atoms with van der Waals surface area (Å²) in [7, 11) is -3.49. The second-order valence-corrected chi connectivity index (χ2v) is 10.7. The molecule has 1 aromatic carbocycles. The van der Waals surface area contributed by atoms with Crippen molar-refractivity contribution in [3.05, 3.63) is 39.4 Å². The summed E-state index contributed by atoms with van der Waals surface area (Å²) in [5.41, 5.74) is 4.93. The number of carbonyl (C=O) groups is 1. The molecule has 1 aromatic heterocycles. The van der Waals surface area contributed by atoms with Crippen molar-refractivity contribution in [2.45, 2.75) is 62.3 Å². The number of fused-ring (bicyclic) bond motifs is 2. The van der Waals surface area contributed by atoms with Crippen LogP contribution in [0.1, 0.15) is 54.6 Å². The van der Waals surface area contributed by atoms with Crippen LogP contribution >= 0.6 is 11.3 Å². The van der Waals surface area contributed by atoms with Crippen LogP contribution in [0.25, 0.3) is 0 Å². The van der Waals surface area contributed by atoms with Gasteiger partial charge in [0.05, 0.1) is 5.69 Å². The molecule has 1 heterocycles. The van der Waals surface area contributed by atoms with Gasteiger partial charge in [-0.1, -0.05) is 6.07 Å². The zero-order valence-electron chi connectivity index (χ0n) is 15.9. The lowest BCUT2D eigenvalue weighted by Gasteiger charge is -2.15. The highest BCUT2D eigenvalue weighted by atomic mass is 32.2. The van der Waals surface area contributed by atoms with E-state index >= 15 is 0 Å². The van der Waals surface area contributed by atoms with Crippen molar-refractivity contribution >= 4 is 33.0 Å². The summed E-state index contributed by atoms with van der Waals surface area (Å²) < 4.78 is 16.6. The molecule has 2 aromatic rings. The predicted octanol–water partition coefficient (Wildman–Crippen LogP) is 3.28. The van der Waals surface area contributed by atoms with E-state index in [0.717, 1.165) is 55.5 Å². The van der Waals surface area contributed by atoms with Crippen LogP contribution in [0.5, 0.6) is 0 Å². The maximum atomic E-state index is 12.8. The maximum absolute atomic E-state index is 12.8. The summed E-state index contributed by atoms with van der Waals surface area (Å²) >= 11 is 1.03. The lowest BCUT2D eigenvalue weighted by atomic mass is 9.99. The first-order chi connectivity index (χ1) is 13.1. The van der Waals surface area contributed by atoms with Crippen molar-refractivity contribution in [2.24, 2.45) is 9.50 Å². The van der Waals surface area contributed by atoms with Gasteiger partial charge < -0.3 is 10.4 Å². The molecule has 0 aliphatic heterocycles. The Kier molecular flexibility index (Phi) is 4.81. The number of urea groups is 1. The fraction of sp³-hybridized carbons (Fsp3) is 0.474. The van der Waals surface area contributed by atoms with Gasteiger partial charge in [-0.15, -0.1) is 15.7 Å². The molecule has 28 heavy (non-hydrogen) atoms. The maximum Gasteiger partial charge on any atom is 0.354 e. The van der Waals surface area contributed by atoms with Gasteiger partial charge in [0.2, 0.25) is 4.34 Å². The lowest BCUT2D eigenvalue weighted by Crippen LogP contribution is -2.20. The third-order valence-corrected chi connectivity index (χ3v) is 7.95. The number of carbonyl (C=O) groups excluding carboxylic acids is 1. The number of thiazole rings is 1. The lowest BCUT2D eigenvalue weighted by molar-refractivity contribution is 0.0741. The van der Waals surface area contributed by atoms with Crippen molar-refractivity contribution in [2.75, 3.05) is 5.32 Å². The first-order valence-corrected chi connectivity index (χ1v) is 11.8. The molecule has 2 aliphatic rings. The minimum atomic E-state index is -3.49.